The fourth-order valence-electron chi connectivity index (χ4n) is 3.50. The van der Waals surface area contributed by atoms with Crippen molar-refractivity contribution in [2.75, 3.05) is 13.2 Å². The quantitative estimate of drug-likeness (QED) is 0.575. The molecule has 1 aliphatic rings. The Hall–Kier alpha value is -3.54. The molecule has 0 bridgehead atoms. The molecule has 0 atom stereocenters. The molecule has 0 aliphatic carbocycles. The van der Waals surface area contributed by atoms with Gasteiger partial charge in [0.05, 0.1) is 23.9 Å². The lowest BCUT2D eigenvalue weighted by molar-refractivity contribution is 0.0728. The smallest absolute Gasteiger partial charge is 0.270 e. The minimum atomic E-state index is -0.0132. The number of rotatable bonds is 2. The minimum absolute atomic E-state index is 0.0132. The number of imidazole rings is 1. The van der Waals surface area contributed by atoms with Gasteiger partial charge in [0.1, 0.15) is 18.1 Å². The van der Waals surface area contributed by atoms with Gasteiger partial charge < -0.3 is 19.6 Å². The second-order valence-corrected chi connectivity index (χ2v) is 6.62. The number of aromatic amines is 2. The predicted octanol–water partition coefficient (Wildman–Crippen LogP) is 3.59. The fraction of sp³-hybridized carbons (Fsp3) is 0.143. The van der Waals surface area contributed by atoms with Crippen LogP contribution in [0.25, 0.3) is 22.2 Å². The summed E-state index contributed by atoms with van der Waals surface area (Å²) in [4.78, 5) is 24.9. The minimum Gasteiger partial charge on any atom is -0.491 e. The molecule has 0 unspecified atom stereocenters. The molecule has 2 N–H and O–H groups in total. The van der Waals surface area contributed by atoms with Gasteiger partial charge in [-0.3, -0.25) is 4.79 Å². The van der Waals surface area contributed by atoms with E-state index in [0.29, 0.717) is 25.4 Å². The largest absolute Gasteiger partial charge is 0.491 e. The summed E-state index contributed by atoms with van der Waals surface area (Å²) >= 11 is 0. The van der Waals surface area contributed by atoms with Gasteiger partial charge in [0.25, 0.3) is 5.91 Å². The van der Waals surface area contributed by atoms with E-state index in [0.717, 1.165) is 33.5 Å². The molecule has 27 heavy (non-hydrogen) atoms. The van der Waals surface area contributed by atoms with Crippen molar-refractivity contribution in [3.05, 3.63) is 72.3 Å². The van der Waals surface area contributed by atoms with Crippen molar-refractivity contribution in [1.82, 2.24) is 19.9 Å². The summed E-state index contributed by atoms with van der Waals surface area (Å²) in [6.45, 7) is 1.56. The van der Waals surface area contributed by atoms with Crippen molar-refractivity contribution in [3.63, 3.8) is 0 Å². The van der Waals surface area contributed by atoms with Gasteiger partial charge in [-0.2, -0.15) is 0 Å². The van der Waals surface area contributed by atoms with E-state index in [2.05, 4.69) is 39.2 Å². The summed E-state index contributed by atoms with van der Waals surface area (Å²) in [7, 11) is 0. The lowest BCUT2D eigenvalue weighted by atomic mass is 10.0. The highest BCUT2D eigenvalue weighted by Gasteiger charge is 2.22. The number of nitrogens with zero attached hydrogens (tertiary/aromatic N) is 2. The highest BCUT2D eigenvalue weighted by molar-refractivity contribution is 5.92. The molecule has 2 aromatic carbocycles. The first-order valence-electron chi connectivity index (χ1n) is 8.90. The maximum atomic E-state index is 12.7. The van der Waals surface area contributed by atoms with Crippen LogP contribution < -0.4 is 4.74 Å². The molecule has 0 radical (unpaired) electrons. The number of aromatic nitrogens is 3. The third-order valence-corrected chi connectivity index (χ3v) is 4.91. The van der Waals surface area contributed by atoms with Crippen molar-refractivity contribution in [3.8, 4) is 16.9 Å². The van der Waals surface area contributed by atoms with E-state index in [1.165, 1.54) is 0 Å². The molecular weight excluding hydrogens is 340 g/mol. The summed E-state index contributed by atoms with van der Waals surface area (Å²) in [6.07, 6.45) is 3.46. The van der Waals surface area contributed by atoms with Crippen LogP contribution in [0.3, 0.4) is 0 Å². The zero-order valence-corrected chi connectivity index (χ0v) is 14.6. The molecule has 2 aromatic heterocycles. The molecule has 5 rings (SSSR count). The van der Waals surface area contributed by atoms with E-state index in [4.69, 9.17) is 4.74 Å². The zero-order chi connectivity index (χ0) is 18.2. The summed E-state index contributed by atoms with van der Waals surface area (Å²) in [6, 6.07) is 15.9. The molecule has 3 heterocycles. The summed E-state index contributed by atoms with van der Waals surface area (Å²) < 4.78 is 5.87. The van der Waals surface area contributed by atoms with Crippen LogP contribution in [0.5, 0.6) is 5.75 Å². The molecule has 0 saturated heterocycles. The van der Waals surface area contributed by atoms with Crippen molar-refractivity contribution in [1.29, 1.82) is 0 Å². The molecule has 6 nitrogen and oxygen atoms in total. The van der Waals surface area contributed by atoms with Gasteiger partial charge in [-0.05, 0) is 47.5 Å². The van der Waals surface area contributed by atoms with E-state index in [1.54, 1.807) is 18.6 Å². The average Bonchev–Trinajstić information content (AvgIpc) is 3.34. The molecule has 1 amide bonds. The molecule has 6 heteroatoms. The van der Waals surface area contributed by atoms with Crippen molar-refractivity contribution >= 4 is 16.9 Å². The molecule has 4 aromatic rings. The van der Waals surface area contributed by atoms with Gasteiger partial charge in [0.2, 0.25) is 0 Å². The monoisotopic (exact) mass is 358 g/mol. The standard InChI is InChI=1S/C21H18N4O2/c26-21(18-2-1-7-22-18)25-8-9-27-20-6-4-14(10-16(20)12-25)15-3-5-17-19(11-15)24-13-23-17/h1-7,10-11,13,22H,8-9,12H2,(H,23,24). The SMILES string of the molecule is O=C(c1ccc[nH]1)N1CCOc2ccc(-c3ccc4nc[nH]c4c3)cc2C1. The molecule has 0 fully saturated rings. The molecule has 1 aliphatic heterocycles. The van der Waals surface area contributed by atoms with Crippen LogP contribution in [0.2, 0.25) is 0 Å². The normalized spacial score (nSPS) is 13.9. The molecular formula is C21H18N4O2. The van der Waals surface area contributed by atoms with Crippen molar-refractivity contribution in [2.45, 2.75) is 6.54 Å². The number of H-pyrrole nitrogens is 2. The van der Waals surface area contributed by atoms with Crippen LogP contribution >= 0.6 is 0 Å². The third kappa shape index (κ3) is 2.85. The van der Waals surface area contributed by atoms with E-state index >= 15 is 0 Å². The van der Waals surface area contributed by atoms with Gasteiger partial charge in [-0.1, -0.05) is 12.1 Å². The predicted molar refractivity (Wildman–Crippen MR) is 103 cm³/mol. The van der Waals surface area contributed by atoms with Crippen LogP contribution in [0.4, 0.5) is 0 Å². The van der Waals surface area contributed by atoms with Crippen LogP contribution in [0.1, 0.15) is 16.1 Å². The first kappa shape index (κ1) is 15.7. The number of benzene rings is 2. The second-order valence-electron chi connectivity index (χ2n) is 6.62. The van der Waals surface area contributed by atoms with Crippen molar-refractivity contribution in [2.24, 2.45) is 0 Å². The molecule has 134 valence electrons. The van der Waals surface area contributed by atoms with Crippen molar-refractivity contribution < 1.29 is 9.53 Å². The number of carbonyl (C=O) groups excluding carboxylic acids is 1. The Morgan fingerprint density at radius 1 is 1.07 bits per heavy atom. The number of ether oxygens (including phenoxy) is 1. The number of hydrogen-bond acceptors (Lipinski definition) is 3. The summed E-state index contributed by atoms with van der Waals surface area (Å²) in [5.41, 5.74) is 5.74. The number of nitrogens with one attached hydrogen (secondary N) is 2. The van der Waals surface area contributed by atoms with Crippen LogP contribution in [0, 0.1) is 0 Å². The Balaban J connectivity index is 1.49. The van der Waals surface area contributed by atoms with E-state index in [-0.39, 0.29) is 5.91 Å². The van der Waals surface area contributed by atoms with Gasteiger partial charge in [0.15, 0.2) is 0 Å². The summed E-state index contributed by atoms with van der Waals surface area (Å²) in [5, 5.41) is 0. The highest BCUT2D eigenvalue weighted by atomic mass is 16.5. The number of carbonyl (C=O) groups is 1. The Bertz CT molecular complexity index is 1110. The maximum absolute atomic E-state index is 12.7. The van der Waals surface area contributed by atoms with E-state index < -0.39 is 0 Å². The van der Waals surface area contributed by atoms with E-state index in [9.17, 15) is 4.79 Å². The Kier molecular flexibility index (Phi) is 3.67. The van der Waals surface area contributed by atoms with Gasteiger partial charge >= 0.3 is 0 Å². The average molecular weight is 358 g/mol. The third-order valence-electron chi connectivity index (χ3n) is 4.91. The topological polar surface area (TPSA) is 74.0 Å². The fourth-order valence-corrected chi connectivity index (χ4v) is 3.50. The van der Waals surface area contributed by atoms with Gasteiger partial charge in [-0.15, -0.1) is 0 Å². The summed E-state index contributed by atoms with van der Waals surface area (Å²) in [5.74, 6) is 0.823. The number of hydrogen-bond donors (Lipinski definition) is 2. The lowest BCUT2D eigenvalue weighted by Crippen LogP contribution is -2.32. The van der Waals surface area contributed by atoms with E-state index in [1.807, 2.05) is 23.1 Å². The zero-order valence-electron chi connectivity index (χ0n) is 14.6. The Labute approximate surface area is 155 Å². The first-order valence-corrected chi connectivity index (χ1v) is 8.90. The highest BCUT2D eigenvalue weighted by Crippen LogP contribution is 2.30. The van der Waals surface area contributed by atoms with Gasteiger partial charge in [-0.25, -0.2) is 4.98 Å². The molecule has 0 spiro atoms. The second kappa shape index (κ2) is 6.32. The van der Waals surface area contributed by atoms with Crippen LogP contribution in [0.15, 0.2) is 61.1 Å². The van der Waals surface area contributed by atoms with Crippen LogP contribution in [-0.2, 0) is 6.54 Å². The Morgan fingerprint density at radius 3 is 2.85 bits per heavy atom. The van der Waals surface area contributed by atoms with Gasteiger partial charge in [0, 0.05) is 18.3 Å². The molecule has 0 saturated carbocycles. The number of amides is 1. The first-order chi connectivity index (χ1) is 13.3. The van der Waals surface area contributed by atoms with Crippen LogP contribution in [-0.4, -0.2) is 38.9 Å². The number of fused-ring (bicyclic) bond motifs is 2. The Morgan fingerprint density at radius 2 is 1.96 bits per heavy atom. The maximum Gasteiger partial charge on any atom is 0.270 e. The lowest BCUT2D eigenvalue weighted by Gasteiger charge is -2.19.